The smallest absolute Gasteiger partial charge is 0.261 e. The van der Waals surface area contributed by atoms with Crippen LogP contribution in [0, 0.1) is 13.8 Å². The molecule has 0 aliphatic rings. The Kier molecular flexibility index (Phi) is 6.54. The first kappa shape index (κ1) is 21.5. The van der Waals surface area contributed by atoms with Gasteiger partial charge in [-0.15, -0.1) is 0 Å². The topological polar surface area (TPSA) is 84.5 Å². The zero-order valence-corrected chi connectivity index (χ0v) is 17.9. The van der Waals surface area contributed by atoms with E-state index in [9.17, 15) is 13.2 Å². The van der Waals surface area contributed by atoms with Gasteiger partial charge < -0.3 is 10.1 Å². The molecule has 3 aromatic rings. The molecule has 3 rings (SSSR count). The quantitative estimate of drug-likeness (QED) is 0.588. The first-order valence-electron chi connectivity index (χ1n) is 9.39. The van der Waals surface area contributed by atoms with Crippen LogP contribution in [0.25, 0.3) is 0 Å². The molecule has 30 heavy (non-hydrogen) atoms. The van der Waals surface area contributed by atoms with Crippen molar-refractivity contribution in [2.75, 3.05) is 17.1 Å². The van der Waals surface area contributed by atoms with Gasteiger partial charge in [0.1, 0.15) is 0 Å². The van der Waals surface area contributed by atoms with Crippen LogP contribution in [-0.4, -0.2) is 21.4 Å². The minimum absolute atomic E-state index is 0.102. The number of hydrogen-bond acceptors (Lipinski definition) is 4. The first-order chi connectivity index (χ1) is 14.3. The number of nitrogens with one attached hydrogen (secondary N) is 2. The number of hydrogen-bond donors (Lipinski definition) is 2. The van der Waals surface area contributed by atoms with E-state index in [2.05, 4.69) is 10.0 Å². The van der Waals surface area contributed by atoms with Crippen LogP contribution < -0.4 is 10.0 Å². The normalized spacial score (nSPS) is 12.2. The second-order valence-electron chi connectivity index (χ2n) is 6.94. The molecular formula is C23H24N2O4S. The maximum atomic E-state index is 12.7. The lowest BCUT2D eigenvalue weighted by molar-refractivity contribution is -0.126. The summed E-state index contributed by atoms with van der Waals surface area (Å²) in [5.74, 6) is -0.340. The molecule has 0 fully saturated rings. The van der Waals surface area contributed by atoms with Crippen molar-refractivity contribution in [1.82, 2.24) is 0 Å². The molecule has 1 atom stereocenters. The Labute approximate surface area is 177 Å². The molecule has 3 aromatic carbocycles. The van der Waals surface area contributed by atoms with Gasteiger partial charge in [-0.3, -0.25) is 9.52 Å². The Balaban J connectivity index is 1.72. The zero-order valence-electron chi connectivity index (χ0n) is 17.0. The average Bonchev–Trinajstić information content (AvgIpc) is 2.72. The lowest BCUT2D eigenvalue weighted by Gasteiger charge is -2.16. The van der Waals surface area contributed by atoms with Gasteiger partial charge in [0.2, 0.25) is 0 Å². The summed E-state index contributed by atoms with van der Waals surface area (Å²) in [6.07, 6.45) is -0.763. The molecule has 6 nitrogen and oxygen atoms in total. The summed E-state index contributed by atoms with van der Waals surface area (Å²) in [4.78, 5) is 12.7. The van der Waals surface area contributed by atoms with Crippen LogP contribution in [0.1, 0.15) is 22.8 Å². The van der Waals surface area contributed by atoms with Crippen molar-refractivity contribution in [3.05, 3.63) is 89.5 Å². The largest absolute Gasteiger partial charge is 0.367 e. The van der Waals surface area contributed by atoms with E-state index in [0.29, 0.717) is 11.4 Å². The molecule has 7 heteroatoms. The minimum atomic E-state index is -3.74. The fourth-order valence-electron chi connectivity index (χ4n) is 2.97. The Morgan fingerprint density at radius 2 is 1.50 bits per heavy atom. The molecule has 0 saturated heterocycles. The van der Waals surface area contributed by atoms with E-state index in [1.165, 1.54) is 19.2 Å². The van der Waals surface area contributed by atoms with Crippen molar-refractivity contribution >= 4 is 27.3 Å². The van der Waals surface area contributed by atoms with Gasteiger partial charge in [-0.25, -0.2) is 8.42 Å². The second-order valence-corrected chi connectivity index (χ2v) is 8.63. The molecule has 1 amide bonds. The van der Waals surface area contributed by atoms with Gasteiger partial charge in [0.15, 0.2) is 6.10 Å². The van der Waals surface area contributed by atoms with Crippen molar-refractivity contribution in [1.29, 1.82) is 0 Å². The van der Waals surface area contributed by atoms with Gasteiger partial charge in [-0.2, -0.15) is 0 Å². The van der Waals surface area contributed by atoms with Crippen LogP contribution in [0.2, 0.25) is 0 Å². The number of aryl methyl sites for hydroxylation is 2. The van der Waals surface area contributed by atoms with Crippen molar-refractivity contribution in [2.45, 2.75) is 24.8 Å². The van der Waals surface area contributed by atoms with Gasteiger partial charge in [0.25, 0.3) is 15.9 Å². The number of carbonyl (C=O) groups is 1. The fourth-order valence-corrected chi connectivity index (χ4v) is 4.02. The van der Waals surface area contributed by atoms with E-state index < -0.39 is 16.1 Å². The van der Waals surface area contributed by atoms with Gasteiger partial charge in [0.05, 0.1) is 4.90 Å². The number of ether oxygens (including phenoxy) is 1. The number of carbonyl (C=O) groups excluding carboxylic acids is 1. The summed E-state index contributed by atoms with van der Waals surface area (Å²) in [5.41, 5.74) is 3.79. The van der Waals surface area contributed by atoms with E-state index >= 15 is 0 Å². The van der Waals surface area contributed by atoms with Crippen molar-refractivity contribution < 1.29 is 17.9 Å². The SMILES string of the molecule is CO[C@@H](C(=O)Nc1ccc(S(=O)(=O)Nc2ccc(C)c(C)c2)cc1)c1ccccc1. The molecule has 0 aliphatic heterocycles. The highest BCUT2D eigenvalue weighted by Gasteiger charge is 2.20. The number of anilines is 2. The third kappa shape index (κ3) is 5.06. The lowest BCUT2D eigenvalue weighted by Crippen LogP contribution is -2.22. The summed E-state index contributed by atoms with van der Waals surface area (Å²) in [6.45, 7) is 3.89. The van der Waals surface area contributed by atoms with Crippen LogP contribution in [0.3, 0.4) is 0 Å². The standard InChI is InChI=1S/C23H24N2O4S/c1-16-9-10-20(15-17(16)2)25-30(27,28)21-13-11-19(12-14-21)24-23(26)22(29-3)18-7-5-4-6-8-18/h4-15,22,25H,1-3H3,(H,24,26)/t22-/m1/s1. The predicted molar refractivity (Wildman–Crippen MR) is 118 cm³/mol. The highest BCUT2D eigenvalue weighted by atomic mass is 32.2. The van der Waals surface area contributed by atoms with Crippen molar-refractivity contribution in [2.24, 2.45) is 0 Å². The molecule has 2 N–H and O–H groups in total. The number of benzene rings is 3. The van der Waals surface area contributed by atoms with Gasteiger partial charge in [-0.1, -0.05) is 36.4 Å². The third-order valence-corrected chi connectivity index (χ3v) is 6.16. The van der Waals surface area contributed by atoms with E-state index in [1.807, 2.05) is 50.2 Å². The summed E-state index contributed by atoms with van der Waals surface area (Å²) in [7, 11) is -2.28. The predicted octanol–water partition coefficient (Wildman–Crippen LogP) is 4.43. The minimum Gasteiger partial charge on any atom is -0.367 e. The molecule has 0 saturated carbocycles. The molecule has 0 radical (unpaired) electrons. The molecule has 0 aromatic heterocycles. The fraction of sp³-hybridized carbons (Fsp3) is 0.174. The number of amides is 1. The van der Waals surface area contributed by atoms with Crippen LogP contribution >= 0.6 is 0 Å². The second kappa shape index (κ2) is 9.11. The molecule has 0 spiro atoms. The van der Waals surface area contributed by atoms with Crippen molar-refractivity contribution in [3.8, 4) is 0 Å². The Morgan fingerprint density at radius 1 is 0.867 bits per heavy atom. The highest BCUT2D eigenvalue weighted by Crippen LogP contribution is 2.22. The van der Waals surface area contributed by atoms with Gasteiger partial charge in [-0.05, 0) is 66.9 Å². The molecular weight excluding hydrogens is 400 g/mol. The maximum Gasteiger partial charge on any atom is 0.261 e. The molecule has 0 unspecified atom stereocenters. The summed E-state index contributed by atoms with van der Waals surface area (Å²) < 4.78 is 33.2. The average molecular weight is 425 g/mol. The Morgan fingerprint density at radius 3 is 2.10 bits per heavy atom. The van der Waals surface area contributed by atoms with E-state index in [4.69, 9.17) is 4.74 Å². The Bertz CT molecular complexity index is 1130. The molecule has 156 valence electrons. The van der Waals surface area contributed by atoms with Crippen LogP contribution in [0.15, 0.2) is 77.7 Å². The van der Waals surface area contributed by atoms with E-state index in [0.717, 1.165) is 16.7 Å². The molecule has 0 bridgehead atoms. The lowest BCUT2D eigenvalue weighted by atomic mass is 10.1. The summed E-state index contributed by atoms with van der Waals surface area (Å²) in [5, 5.41) is 2.75. The van der Waals surface area contributed by atoms with Crippen molar-refractivity contribution in [3.63, 3.8) is 0 Å². The zero-order chi connectivity index (χ0) is 21.7. The van der Waals surface area contributed by atoms with Crippen LogP contribution in [-0.2, 0) is 19.6 Å². The summed E-state index contributed by atoms with van der Waals surface area (Å²) >= 11 is 0. The number of rotatable bonds is 7. The summed E-state index contributed by atoms with van der Waals surface area (Å²) in [6, 6.07) is 20.5. The molecule has 0 heterocycles. The van der Waals surface area contributed by atoms with Crippen LogP contribution in [0.5, 0.6) is 0 Å². The Hall–Kier alpha value is -3.16. The maximum absolute atomic E-state index is 12.7. The monoisotopic (exact) mass is 424 g/mol. The third-order valence-electron chi connectivity index (χ3n) is 4.77. The van der Waals surface area contributed by atoms with E-state index in [-0.39, 0.29) is 10.8 Å². The number of sulfonamides is 1. The highest BCUT2D eigenvalue weighted by molar-refractivity contribution is 7.92. The molecule has 0 aliphatic carbocycles. The van der Waals surface area contributed by atoms with Crippen LogP contribution in [0.4, 0.5) is 11.4 Å². The van der Waals surface area contributed by atoms with E-state index in [1.54, 1.807) is 24.3 Å². The van der Waals surface area contributed by atoms with Gasteiger partial charge in [0, 0.05) is 18.5 Å². The first-order valence-corrected chi connectivity index (χ1v) is 10.9. The van der Waals surface area contributed by atoms with Gasteiger partial charge >= 0.3 is 0 Å². The number of methoxy groups -OCH3 is 1.